The number of pyridine rings is 1. The van der Waals surface area contributed by atoms with Crippen molar-refractivity contribution >= 4 is 33.2 Å². The quantitative estimate of drug-likeness (QED) is 0.611. The summed E-state index contributed by atoms with van der Waals surface area (Å²) in [5, 5.41) is 3.54. The Labute approximate surface area is 205 Å². The molecule has 2 bridgehead atoms. The molecule has 10 heteroatoms. The first-order valence-corrected chi connectivity index (χ1v) is 13.5. The van der Waals surface area contributed by atoms with E-state index in [0.717, 1.165) is 31.5 Å². The first kappa shape index (κ1) is 24.6. The number of anilines is 1. The SMILES string of the molecule is COc1ccc(OC(C)(C)C(=O)NC2CC3CCC(C2)N3c2ccc(S(C)(=O)=O)cn2)c(Cl)c1. The molecular weight excluding hydrogens is 478 g/mol. The fraction of sp³-hybridized carbons (Fsp3) is 0.500. The largest absolute Gasteiger partial charge is 0.497 e. The van der Waals surface area contributed by atoms with Gasteiger partial charge in [-0.2, -0.15) is 0 Å². The van der Waals surface area contributed by atoms with Gasteiger partial charge in [0.15, 0.2) is 15.4 Å². The molecule has 1 N–H and O–H groups in total. The molecule has 34 heavy (non-hydrogen) atoms. The Morgan fingerprint density at radius 2 is 1.85 bits per heavy atom. The van der Waals surface area contributed by atoms with Gasteiger partial charge < -0.3 is 19.7 Å². The molecule has 2 atom stereocenters. The van der Waals surface area contributed by atoms with Gasteiger partial charge in [-0.15, -0.1) is 0 Å². The molecule has 4 rings (SSSR count). The van der Waals surface area contributed by atoms with Crippen LogP contribution >= 0.6 is 11.6 Å². The Kier molecular flexibility index (Phi) is 6.70. The van der Waals surface area contributed by atoms with Gasteiger partial charge in [0, 0.05) is 36.6 Å². The molecule has 0 saturated carbocycles. The Bertz CT molecular complexity index is 1160. The molecule has 2 aliphatic heterocycles. The summed E-state index contributed by atoms with van der Waals surface area (Å²) in [5.74, 6) is 1.61. The molecule has 1 aromatic carbocycles. The van der Waals surface area contributed by atoms with Gasteiger partial charge >= 0.3 is 0 Å². The van der Waals surface area contributed by atoms with Crippen molar-refractivity contribution in [2.45, 2.75) is 68.2 Å². The van der Waals surface area contributed by atoms with Crippen LogP contribution in [-0.2, 0) is 14.6 Å². The van der Waals surface area contributed by atoms with Crippen LogP contribution < -0.4 is 19.7 Å². The summed E-state index contributed by atoms with van der Waals surface area (Å²) in [6.45, 7) is 3.44. The summed E-state index contributed by atoms with van der Waals surface area (Å²) in [6, 6.07) is 8.95. The average Bonchev–Trinajstić information content (AvgIpc) is 3.04. The lowest BCUT2D eigenvalue weighted by Crippen LogP contribution is -2.55. The van der Waals surface area contributed by atoms with Gasteiger partial charge in [-0.1, -0.05) is 11.6 Å². The lowest BCUT2D eigenvalue weighted by atomic mass is 9.96. The highest BCUT2D eigenvalue weighted by Gasteiger charge is 2.43. The van der Waals surface area contributed by atoms with Crippen LogP contribution in [0.1, 0.15) is 39.5 Å². The number of ether oxygens (including phenoxy) is 2. The summed E-state index contributed by atoms with van der Waals surface area (Å²) in [7, 11) is -1.72. The number of nitrogens with one attached hydrogen (secondary N) is 1. The molecule has 2 unspecified atom stereocenters. The van der Waals surface area contributed by atoms with Gasteiger partial charge in [0.25, 0.3) is 5.91 Å². The number of hydrogen-bond acceptors (Lipinski definition) is 7. The van der Waals surface area contributed by atoms with Gasteiger partial charge in [-0.25, -0.2) is 13.4 Å². The number of carbonyl (C=O) groups excluding carboxylic acids is 1. The van der Waals surface area contributed by atoms with Crippen LogP contribution in [0.5, 0.6) is 11.5 Å². The summed E-state index contributed by atoms with van der Waals surface area (Å²) < 4.78 is 34.6. The van der Waals surface area contributed by atoms with Crippen molar-refractivity contribution in [1.29, 1.82) is 0 Å². The maximum Gasteiger partial charge on any atom is 0.263 e. The van der Waals surface area contributed by atoms with E-state index in [9.17, 15) is 13.2 Å². The topological polar surface area (TPSA) is 97.8 Å². The second-order valence-electron chi connectivity index (χ2n) is 9.47. The summed E-state index contributed by atoms with van der Waals surface area (Å²) in [4.78, 5) is 20.0. The second-order valence-corrected chi connectivity index (χ2v) is 11.9. The molecule has 0 aliphatic carbocycles. The summed E-state index contributed by atoms with van der Waals surface area (Å²) in [5.41, 5.74) is -1.11. The third-order valence-electron chi connectivity index (χ3n) is 6.53. The Hall–Kier alpha value is -2.52. The molecule has 2 aliphatic rings. The second kappa shape index (κ2) is 9.26. The van der Waals surface area contributed by atoms with E-state index in [1.165, 1.54) is 12.5 Å². The number of sulfone groups is 1. The number of amides is 1. The summed E-state index contributed by atoms with van der Waals surface area (Å²) in [6.07, 6.45) is 6.19. The van der Waals surface area contributed by atoms with Crippen molar-refractivity contribution < 1.29 is 22.7 Å². The number of fused-ring (bicyclic) bond motifs is 2. The first-order valence-electron chi connectivity index (χ1n) is 11.3. The van der Waals surface area contributed by atoms with Gasteiger partial charge in [0.05, 0.1) is 17.0 Å². The highest BCUT2D eigenvalue weighted by Crippen LogP contribution is 2.39. The number of halogens is 1. The predicted octanol–water partition coefficient (Wildman–Crippen LogP) is 3.62. The number of carbonyl (C=O) groups is 1. The van der Waals surface area contributed by atoms with Gasteiger partial charge in [-0.3, -0.25) is 4.79 Å². The fourth-order valence-electron chi connectivity index (χ4n) is 4.79. The maximum absolute atomic E-state index is 13.1. The van der Waals surface area contributed by atoms with Crippen LogP contribution in [-0.4, -0.2) is 56.4 Å². The lowest BCUT2D eigenvalue weighted by Gasteiger charge is -2.40. The molecule has 2 saturated heterocycles. The zero-order valence-corrected chi connectivity index (χ0v) is 21.3. The van der Waals surface area contributed by atoms with Crippen molar-refractivity contribution in [3.63, 3.8) is 0 Å². The number of hydrogen-bond donors (Lipinski definition) is 1. The monoisotopic (exact) mass is 507 g/mol. The van der Waals surface area contributed by atoms with Crippen LogP contribution in [0.25, 0.3) is 0 Å². The maximum atomic E-state index is 13.1. The van der Waals surface area contributed by atoms with Crippen LogP contribution in [0.4, 0.5) is 5.82 Å². The highest BCUT2D eigenvalue weighted by molar-refractivity contribution is 7.90. The molecule has 0 spiro atoms. The Balaban J connectivity index is 1.40. The molecule has 2 fully saturated rings. The van der Waals surface area contributed by atoms with E-state index in [2.05, 4.69) is 15.2 Å². The third kappa shape index (κ3) is 5.10. The van der Waals surface area contributed by atoms with Gasteiger partial charge in [0.1, 0.15) is 17.3 Å². The number of aromatic nitrogens is 1. The van der Waals surface area contributed by atoms with E-state index in [-0.39, 0.29) is 28.9 Å². The van der Waals surface area contributed by atoms with E-state index < -0.39 is 15.4 Å². The molecule has 184 valence electrons. The molecule has 2 aromatic rings. The first-order chi connectivity index (χ1) is 16.0. The lowest BCUT2D eigenvalue weighted by molar-refractivity contribution is -0.135. The minimum Gasteiger partial charge on any atom is -0.497 e. The number of methoxy groups -OCH3 is 1. The Morgan fingerprint density at radius 3 is 2.38 bits per heavy atom. The van der Waals surface area contributed by atoms with Crippen molar-refractivity contribution in [2.75, 3.05) is 18.3 Å². The highest BCUT2D eigenvalue weighted by atomic mass is 35.5. The average molecular weight is 508 g/mol. The van der Waals surface area contributed by atoms with E-state index >= 15 is 0 Å². The molecule has 8 nitrogen and oxygen atoms in total. The molecule has 0 radical (unpaired) electrons. The summed E-state index contributed by atoms with van der Waals surface area (Å²) >= 11 is 6.28. The standard InChI is InChI=1S/C24H30ClN3O5S/c1-24(2,33-21-9-7-18(32-3)13-20(21)25)23(29)27-15-11-16-5-6-17(12-15)28(16)22-10-8-19(14-26-22)34(4,30)31/h7-10,13-17H,5-6,11-12H2,1-4H3,(H,27,29). The van der Waals surface area contributed by atoms with Crippen molar-refractivity contribution in [3.05, 3.63) is 41.6 Å². The van der Waals surface area contributed by atoms with Crippen LogP contribution in [0, 0.1) is 0 Å². The van der Waals surface area contributed by atoms with Crippen molar-refractivity contribution in [1.82, 2.24) is 10.3 Å². The minimum absolute atomic E-state index is 0.0192. The molecular formula is C24H30ClN3O5S. The van der Waals surface area contributed by atoms with E-state index in [1.54, 1.807) is 51.3 Å². The van der Waals surface area contributed by atoms with E-state index in [4.69, 9.17) is 21.1 Å². The molecule has 1 amide bonds. The number of benzene rings is 1. The normalized spacial score (nSPS) is 22.4. The third-order valence-corrected chi connectivity index (χ3v) is 7.93. The minimum atomic E-state index is -3.28. The van der Waals surface area contributed by atoms with Gasteiger partial charge in [-0.05, 0) is 63.8 Å². The smallest absolute Gasteiger partial charge is 0.263 e. The molecule has 3 heterocycles. The number of rotatable bonds is 7. The van der Waals surface area contributed by atoms with Gasteiger partial charge in [0.2, 0.25) is 0 Å². The number of piperidine rings is 1. The number of nitrogens with zero attached hydrogens (tertiary/aromatic N) is 2. The van der Waals surface area contributed by atoms with Crippen LogP contribution in [0.2, 0.25) is 5.02 Å². The zero-order chi connectivity index (χ0) is 24.7. The fourth-order valence-corrected chi connectivity index (χ4v) is 5.55. The van der Waals surface area contributed by atoms with Crippen LogP contribution in [0.3, 0.4) is 0 Å². The predicted molar refractivity (Wildman–Crippen MR) is 131 cm³/mol. The van der Waals surface area contributed by atoms with E-state index in [0.29, 0.717) is 16.5 Å². The zero-order valence-electron chi connectivity index (χ0n) is 19.7. The van der Waals surface area contributed by atoms with Crippen molar-refractivity contribution in [3.8, 4) is 11.5 Å². The van der Waals surface area contributed by atoms with Crippen LogP contribution in [0.15, 0.2) is 41.4 Å². The molecule has 1 aromatic heterocycles. The Morgan fingerprint density at radius 1 is 1.18 bits per heavy atom. The van der Waals surface area contributed by atoms with E-state index in [1.807, 2.05) is 0 Å². The van der Waals surface area contributed by atoms with Crippen molar-refractivity contribution in [2.24, 2.45) is 0 Å².